The minimum absolute atomic E-state index is 0.109. The zero-order chi connectivity index (χ0) is 9.42. The van der Waals surface area contributed by atoms with Crippen molar-refractivity contribution < 1.29 is 9.21 Å². The number of hydrogen-bond donors (Lipinski definition) is 0. The quantitative estimate of drug-likeness (QED) is 0.666. The molecule has 0 spiro atoms. The smallest absolute Gasteiger partial charge is 0.130 e. The summed E-state index contributed by atoms with van der Waals surface area (Å²) in [6.07, 6.45) is 2.14. The molecule has 0 aliphatic heterocycles. The van der Waals surface area contributed by atoms with Gasteiger partial charge in [0.15, 0.2) is 0 Å². The Kier molecular flexibility index (Phi) is 1.98. The number of furan rings is 1. The van der Waals surface area contributed by atoms with E-state index in [1.165, 1.54) is 6.42 Å². The number of aldehydes is 1. The summed E-state index contributed by atoms with van der Waals surface area (Å²) < 4.78 is 5.60. The predicted octanol–water partition coefficient (Wildman–Crippen LogP) is 2.71. The molecule has 3 atom stereocenters. The highest BCUT2D eigenvalue weighted by Gasteiger charge is 2.36. The van der Waals surface area contributed by atoms with Gasteiger partial charge in [0.1, 0.15) is 17.8 Å². The maximum atomic E-state index is 10.5. The molecule has 0 aromatic carbocycles. The molecule has 0 bridgehead atoms. The lowest BCUT2D eigenvalue weighted by Gasteiger charge is -1.97. The molecule has 3 unspecified atom stereocenters. The average Bonchev–Trinajstić information content (AvgIpc) is 2.70. The maximum Gasteiger partial charge on any atom is 0.130 e. The molecule has 1 aromatic rings. The summed E-state index contributed by atoms with van der Waals surface area (Å²) >= 11 is 0. The Morgan fingerprint density at radius 2 is 2.31 bits per heavy atom. The van der Waals surface area contributed by atoms with E-state index in [9.17, 15) is 4.79 Å². The molecule has 1 heterocycles. The first kappa shape index (κ1) is 8.54. The van der Waals surface area contributed by atoms with Crippen LogP contribution in [0.1, 0.15) is 43.6 Å². The molecular weight excluding hydrogens is 164 g/mol. The monoisotopic (exact) mass is 178 g/mol. The van der Waals surface area contributed by atoms with E-state index in [2.05, 4.69) is 6.92 Å². The minimum atomic E-state index is -0.109. The van der Waals surface area contributed by atoms with E-state index in [-0.39, 0.29) is 5.92 Å². The molecular formula is C11H14O2. The van der Waals surface area contributed by atoms with Crippen LogP contribution in [-0.2, 0) is 4.79 Å². The van der Waals surface area contributed by atoms with E-state index in [1.54, 1.807) is 0 Å². The van der Waals surface area contributed by atoms with Gasteiger partial charge in [0.25, 0.3) is 0 Å². The molecule has 1 fully saturated rings. The molecule has 1 aromatic heterocycles. The minimum Gasteiger partial charge on any atom is -0.465 e. The number of hydrogen-bond acceptors (Lipinski definition) is 2. The third-order valence-corrected chi connectivity index (χ3v) is 2.78. The number of carbonyl (C=O) groups excluding carboxylic acids is 1. The maximum absolute atomic E-state index is 10.5. The fraction of sp³-hybridized carbons (Fsp3) is 0.545. The van der Waals surface area contributed by atoms with Crippen LogP contribution in [-0.4, -0.2) is 6.29 Å². The molecule has 0 saturated heterocycles. The summed E-state index contributed by atoms with van der Waals surface area (Å²) in [5.74, 6) is 3.10. The van der Waals surface area contributed by atoms with Crippen molar-refractivity contribution in [1.29, 1.82) is 0 Å². The van der Waals surface area contributed by atoms with Gasteiger partial charge in [-0.1, -0.05) is 6.92 Å². The largest absolute Gasteiger partial charge is 0.465 e. The lowest BCUT2D eigenvalue weighted by atomic mass is 10.1. The summed E-state index contributed by atoms with van der Waals surface area (Å²) in [6, 6.07) is 3.92. The van der Waals surface area contributed by atoms with Crippen LogP contribution in [0.15, 0.2) is 16.5 Å². The molecule has 2 nitrogen and oxygen atoms in total. The third-order valence-electron chi connectivity index (χ3n) is 2.78. The van der Waals surface area contributed by atoms with E-state index >= 15 is 0 Å². The van der Waals surface area contributed by atoms with Crippen LogP contribution >= 0.6 is 0 Å². The van der Waals surface area contributed by atoms with Crippen LogP contribution in [0.2, 0.25) is 0 Å². The molecule has 13 heavy (non-hydrogen) atoms. The van der Waals surface area contributed by atoms with Crippen LogP contribution in [0.25, 0.3) is 0 Å². The highest BCUT2D eigenvalue weighted by atomic mass is 16.3. The van der Waals surface area contributed by atoms with Crippen molar-refractivity contribution in [3.63, 3.8) is 0 Å². The molecule has 1 aliphatic rings. The van der Waals surface area contributed by atoms with E-state index in [0.717, 1.165) is 23.7 Å². The molecule has 1 saturated carbocycles. The van der Waals surface area contributed by atoms with Gasteiger partial charge in [-0.05, 0) is 31.4 Å². The molecule has 2 heteroatoms. The topological polar surface area (TPSA) is 30.2 Å². The third kappa shape index (κ3) is 1.53. The van der Waals surface area contributed by atoms with Crippen molar-refractivity contribution in [2.75, 3.05) is 0 Å². The van der Waals surface area contributed by atoms with Crippen molar-refractivity contribution in [2.24, 2.45) is 5.92 Å². The molecule has 70 valence electrons. The second-order valence-corrected chi connectivity index (χ2v) is 3.98. The molecule has 0 radical (unpaired) electrons. The van der Waals surface area contributed by atoms with Crippen LogP contribution in [0.5, 0.6) is 0 Å². The SMILES string of the molecule is CC(C=O)c1ccc(C2CC2C)o1. The Labute approximate surface area is 77.9 Å². The molecule has 2 rings (SSSR count). The van der Waals surface area contributed by atoms with Gasteiger partial charge in [0.05, 0.1) is 5.92 Å². The Morgan fingerprint density at radius 3 is 2.85 bits per heavy atom. The van der Waals surface area contributed by atoms with Gasteiger partial charge in [-0.2, -0.15) is 0 Å². The Hall–Kier alpha value is -1.05. The number of rotatable bonds is 3. The highest BCUT2D eigenvalue weighted by molar-refractivity contribution is 5.59. The fourth-order valence-electron chi connectivity index (χ4n) is 1.60. The lowest BCUT2D eigenvalue weighted by molar-refractivity contribution is -0.109. The van der Waals surface area contributed by atoms with Crippen molar-refractivity contribution in [1.82, 2.24) is 0 Å². The van der Waals surface area contributed by atoms with E-state index < -0.39 is 0 Å². The van der Waals surface area contributed by atoms with Crippen molar-refractivity contribution in [3.05, 3.63) is 23.7 Å². The van der Waals surface area contributed by atoms with Gasteiger partial charge in [-0.3, -0.25) is 0 Å². The van der Waals surface area contributed by atoms with Crippen molar-refractivity contribution in [2.45, 2.75) is 32.1 Å². The van der Waals surface area contributed by atoms with Gasteiger partial charge in [-0.25, -0.2) is 0 Å². The van der Waals surface area contributed by atoms with Crippen LogP contribution in [0, 0.1) is 5.92 Å². The first-order valence-corrected chi connectivity index (χ1v) is 4.77. The summed E-state index contributed by atoms with van der Waals surface area (Å²) in [7, 11) is 0. The predicted molar refractivity (Wildman–Crippen MR) is 49.7 cm³/mol. The second kappa shape index (κ2) is 3.02. The van der Waals surface area contributed by atoms with Crippen LogP contribution < -0.4 is 0 Å². The standard InChI is InChI=1S/C11H14O2/c1-7-5-9(7)11-4-3-10(13-11)8(2)6-12/h3-4,6-9H,5H2,1-2H3. The lowest BCUT2D eigenvalue weighted by Crippen LogP contribution is -1.90. The van der Waals surface area contributed by atoms with Crippen molar-refractivity contribution >= 4 is 6.29 Å². The summed E-state index contributed by atoms with van der Waals surface area (Å²) in [5, 5.41) is 0. The van der Waals surface area contributed by atoms with Crippen molar-refractivity contribution in [3.8, 4) is 0 Å². The van der Waals surface area contributed by atoms with Gasteiger partial charge >= 0.3 is 0 Å². The van der Waals surface area contributed by atoms with Gasteiger partial charge in [0.2, 0.25) is 0 Å². The van der Waals surface area contributed by atoms with Crippen LogP contribution in [0.4, 0.5) is 0 Å². The molecule has 0 N–H and O–H groups in total. The summed E-state index contributed by atoms with van der Waals surface area (Å²) in [6.45, 7) is 4.07. The summed E-state index contributed by atoms with van der Waals surface area (Å²) in [4.78, 5) is 10.5. The highest BCUT2D eigenvalue weighted by Crippen LogP contribution is 2.47. The Balaban J connectivity index is 2.14. The second-order valence-electron chi connectivity index (χ2n) is 3.98. The van der Waals surface area contributed by atoms with E-state index in [0.29, 0.717) is 5.92 Å². The molecule has 0 amide bonds. The first-order valence-electron chi connectivity index (χ1n) is 4.77. The fourth-order valence-corrected chi connectivity index (χ4v) is 1.60. The van der Waals surface area contributed by atoms with E-state index in [1.807, 2.05) is 19.1 Å². The number of carbonyl (C=O) groups is 1. The Morgan fingerprint density at radius 1 is 1.62 bits per heavy atom. The average molecular weight is 178 g/mol. The normalized spacial score (nSPS) is 28.5. The summed E-state index contributed by atoms with van der Waals surface area (Å²) in [5.41, 5.74) is 0. The van der Waals surface area contributed by atoms with Gasteiger partial charge in [0, 0.05) is 5.92 Å². The Bertz CT molecular complexity index is 314. The van der Waals surface area contributed by atoms with E-state index in [4.69, 9.17) is 4.42 Å². The zero-order valence-corrected chi connectivity index (χ0v) is 7.99. The van der Waals surface area contributed by atoms with Gasteiger partial charge < -0.3 is 9.21 Å². The zero-order valence-electron chi connectivity index (χ0n) is 7.99. The first-order chi connectivity index (χ1) is 6.22. The van der Waals surface area contributed by atoms with Gasteiger partial charge in [-0.15, -0.1) is 0 Å². The molecule has 1 aliphatic carbocycles. The van der Waals surface area contributed by atoms with Crippen LogP contribution in [0.3, 0.4) is 0 Å².